The van der Waals surface area contributed by atoms with E-state index in [1.807, 2.05) is 25.1 Å². The van der Waals surface area contributed by atoms with E-state index in [-0.39, 0.29) is 11.2 Å². The molecule has 1 aromatic carbocycles. The van der Waals surface area contributed by atoms with Crippen molar-refractivity contribution in [1.29, 1.82) is 0 Å². The van der Waals surface area contributed by atoms with Crippen LogP contribution in [0.25, 0.3) is 0 Å². The Balaban J connectivity index is 2.50. The van der Waals surface area contributed by atoms with Gasteiger partial charge in [-0.05, 0) is 56.2 Å². The lowest BCUT2D eigenvalue weighted by atomic mass is 10.1. The van der Waals surface area contributed by atoms with Crippen LogP contribution in [-0.2, 0) is 4.79 Å². The molecule has 1 aromatic rings. The number of hydrogen-bond donors (Lipinski definition) is 1. The van der Waals surface area contributed by atoms with Gasteiger partial charge < -0.3 is 5.32 Å². The molecule has 100 valence electrons. The van der Waals surface area contributed by atoms with E-state index in [1.54, 1.807) is 11.8 Å². The van der Waals surface area contributed by atoms with Crippen LogP contribution in [0, 0.1) is 13.8 Å². The zero-order valence-electron chi connectivity index (χ0n) is 11.7. The third kappa shape index (κ3) is 4.73. The van der Waals surface area contributed by atoms with Crippen LogP contribution >= 0.6 is 11.8 Å². The summed E-state index contributed by atoms with van der Waals surface area (Å²) in [4.78, 5) is 12.0. The number of rotatable bonds is 6. The number of anilines is 1. The van der Waals surface area contributed by atoms with Gasteiger partial charge in [-0.1, -0.05) is 19.4 Å². The predicted octanol–water partition coefficient (Wildman–Crippen LogP) is 4.16. The summed E-state index contributed by atoms with van der Waals surface area (Å²) in [6.07, 6.45) is 2.35. The average Bonchev–Trinajstić information content (AvgIpc) is 2.34. The van der Waals surface area contributed by atoms with E-state index in [1.165, 1.54) is 24.0 Å². The SMILES string of the molecule is CCCCSC(C)C(=O)Nc1ccc(C)c(C)c1. The van der Waals surface area contributed by atoms with Crippen LogP contribution in [0.5, 0.6) is 0 Å². The van der Waals surface area contributed by atoms with Gasteiger partial charge in [-0.25, -0.2) is 0 Å². The first kappa shape index (κ1) is 15.1. The quantitative estimate of drug-likeness (QED) is 0.782. The van der Waals surface area contributed by atoms with Gasteiger partial charge in [0.25, 0.3) is 0 Å². The monoisotopic (exact) mass is 265 g/mol. The van der Waals surface area contributed by atoms with Crippen molar-refractivity contribution in [2.45, 2.75) is 45.8 Å². The first-order valence-electron chi connectivity index (χ1n) is 6.54. The molecule has 0 aliphatic rings. The van der Waals surface area contributed by atoms with Gasteiger partial charge in [0.1, 0.15) is 0 Å². The van der Waals surface area contributed by atoms with E-state index in [2.05, 4.69) is 26.1 Å². The van der Waals surface area contributed by atoms with Crippen molar-refractivity contribution in [3.05, 3.63) is 29.3 Å². The molecule has 0 aliphatic heterocycles. The lowest BCUT2D eigenvalue weighted by molar-refractivity contribution is -0.115. The van der Waals surface area contributed by atoms with E-state index in [0.29, 0.717) is 0 Å². The van der Waals surface area contributed by atoms with Crippen LogP contribution in [-0.4, -0.2) is 16.9 Å². The van der Waals surface area contributed by atoms with Crippen molar-refractivity contribution in [3.63, 3.8) is 0 Å². The molecule has 1 amide bonds. The molecule has 0 fully saturated rings. The number of carbonyl (C=O) groups is 1. The summed E-state index contributed by atoms with van der Waals surface area (Å²) < 4.78 is 0. The molecule has 1 rings (SSSR count). The van der Waals surface area contributed by atoms with Crippen molar-refractivity contribution < 1.29 is 4.79 Å². The Hall–Kier alpha value is -0.960. The molecule has 0 saturated heterocycles. The fraction of sp³-hybridized carbons (Fsp3) is 0.533. The van der Waals surface area contributed by atoms with Crippen molar-refractivity contribution in [1.82, 2.24) is 0 Å². The molecule has 0 spiro atoms. The molecule has 0 aliphatic carbocycles. The molecule has 2 nitrogen and oxygen atoms in total. The Morgan fingerprint density at radius 2 is 2.06 bits per heavy atom. The van der Waals surface area contributed by atoms with Crippen LogP contribution < -0.4 is 5.32 Å². The molecule has 18 heavy (non-hydrogen) atoms. The summed E-state index contributed by atoms with van der Waals surface area (Å²) in [5.74, 6) is 1.15. The summed E-state index contributed by atoms with van der Waals surface area (Å²) in [6.45, 7) is 8.27. The minimum atomic E-state index is 0.0122. The highest BCUT2D eigenvalue weighted by Crippen LogP contribution is 2.17. The number of aryl methyl sites for hydroxylation is 2. The van der Waals surface area contributed by atoms with Gasteiger partial charge in [0.05, 0.1) is 5.25 Å². The summed E-state index contributed by atoms with van der Waals surface area (Å²) in [6, 6.07) is 6.03. The highest BCUT2D eigenvalue weighted by Gasteiger charge is 2.13. The Morgan fingerprint density at radius 1 is 1.33 bits per heavy atom. The van der Waals surface area contributed by atoms with Crippen LogP contribution in [0.4, 0.5) is 5.69 Å². The van der Waals surface area contributed by atoms with Gasteiger partial charge >= 0.3 is 0 Å². The molecule has 0 aromatic heterocycles. The third-order valence-electron chi connectivity index (χ3n) is 3.01. The topological polar surface area (TPSA) is 29.1 Å². The van der Waals surface area contributed by atoms with E-state index in [4.69, 9.17) is 0 Å². The Morgan fingerprint density at radius 3 is 2.67 bits per heavy atom. The van der Waals surface area contributed by atoms with E-state index < -0.39 is 0 Å². The minimum absolute atomic E-state index is 0.0122. The molecule has 1 atom stereocenters. The second kappa shape index (κ2) is 7.47. The first-order chi connectivity index (χ1) is 8.54. The van der Waals surface area contributed by atoms with E-state index >= 15 is 0 Å². The second-order valence-electron chi connectivity index (χ2n) is 4.65. The first-order valence-corrected chi connectivity index (χ1v) is 7.59. The van der Waals surface area contributed by atoms with Crippen LogP contribution in [0.15, 0.2) is 18.2 Å². The molecule has 0 heterocycles. The number of amides is 1. The Kier molecular flexibility index (Phi) is 6.27. The van der Waals surface area contributed by atoms with Crippen LogP contribution in [0.2, 0.25) is 0 Å². The van der Waals surface area contributed by atoms with Crippen molar-refractivity contribution in [2.24, 2.45) is 0 Å². The van der Waals surface area contributed by atoms with Gasteiger partial charge in [0, 0.05) is 5.69 Å². The smallest absolute Gasteiger partial charge is 0.237 e. The van der Waals surface area contributed by atoms with Gasteiger partial charge in [-0.2, -0.15) is 0 Å². The largest absolute Gasteiger partial charge is 0.325 e. The third-order valence-corrected chi connectivity index (χ3v) is 4.25. The molecule has 1 unspecified atom stereocenters. The van der Waals surface area contributed by atoms with Crippen LogP contribution in [0.3, 0.4) is 0 Å². The zero-order chi connectivity index (χ0) is 13.5. The molecule has 0 saturated carbocycles. The second-order valence-corrected chi connectivity index (χ2v) is 6.10. The van der Waals surface area contributed by atoms with Crippen molar-refractivity contribution in [3.8, 4) is 0 Å². The normalized spacial score (nSPS) is 12.2. The summed E-state index contributed by atoms with van der Waals surface area (Å²) in [7, 11) is 0. The van der Waals surface area contributed by atoms with E-state index in [9.17, 15) is 4.79 Å². The van der Waals surface area contributed by atoms with Gasteiger partial charge in [-0.3, -0.25) is 4.79 Å². The number of unbranched alkanes of at least 4 members (excludes halogenated alkanes) is 1. The molecule has 1 N–H and O–H groups in total. The lowest BCUT2D eigenvalue weighted by Crippen LogP contribution is -2.22. The number of hydrogen-bond acceptors (Lipinski definition) is 2. The standard InChI is InChI=1S/C15H23NOS/c1-5-6-9-18-13(4)15(17)16-14-8-7-11(2)12(3)10-14/h7-8,10,13H,5-6,9H2,1-4H3,(H,16,17). The number of thioether (sulfide) groups is 1. The number of carbonyl (C=O) groups excluding carboxylic acids is 1. The molecular weight excluding hydrogens is 242 g/mol. The summed E-state index contributed by atoms with van der Waals surface area (Å²) in [5, 5.41) is 2.99. The number of benzene rings is 1. The Bertz CT molecular complexity index is 403. The molecule has 3 heteroatoms. The maximum Gasteiger partial charge on any atom is 0.237 e. The fourth-order valence-corrected chi connectivity index (χ4v) is 2.56. The summed E-state index contributed by atoms with van der Waals surface area (Å²) >= 11 is 1.72. The fourth-order valence-electron chi connectivity index (χ4n) is 1.54. The molecular formula is C15H23NOS. The molecule has 0 radical (unpaired) electrons. The highest BCUT2D eigenvalue weighted by molar-refractivity contribution is 8.00. The minimum Gasteiger partial charge on any atom is -0.325 e. The van der Waals surface area contributed by atoms with Gasteiger partial charge in [-0.15, -0.1) is 11.8 Å². The van der Waals surface area contributed by atoms with Gasteiger partial charge in [0.15, 0.2) is 0 Å². The zero-order valence-corrected chi connectivity index (χ0v) is 12.6. The van der Waals surface area contributed by atoms with Gasteiger partial charge in [0.2, 0.25) is 5.91 Å². The summed E-state index contributed by atoms with van der Waals surface area (Å²) in [5.41, 5.74) is 3.35. The molecule has 0 bridgehead atoms. The highest BCUT2D eigenvalue weighted by atomic mass is 32.2. The maximum atomic E-state index is 12.0. The predicted molar refractivity (Wildman–Crippen MR) is 81.4 cm³/mol. The average molecular weight is 265 g/mol. The van der Waals surface area contributed by atoms with Crippen LogP contribution in [0.1, 0.15) is 37.8 Å². The Labute approximate surface area is 115 Å². The van der Waals surface area contributed by atoms with Crippen molar-refractivity contribution >= 4 is 23.4 Å². The van der Waals surface area contributed by atoms with Crippen molar-refractivity contribution in [2.75, 3.05) is 11.1 Å². The maximum absolute atomic E-state index is 12.0. The lowest BCUT2D eigenvalue weighted by Gasteiger charge is -2.12. The number of nitrogens with one attached hydrogen (secondary N) is 1. The van der Waals surface area contributed by atoms with E-state index in [0.717, 1.165) is 11.4 Å².